The van der Waals surface area contributed by atoms with Crippen molar-refractivity contribution in [3.05, 3.63) is 52.0 Å². The third kappa shape index (κ3) is 4.89. The average molecular weight is 431 g/mol. The van der Waals surface area contributed by atoms with Crippen LogP contribution in [0.1, 0.15) is 30.9 Å². The minimum Gasteiger partial charge on any atom is -0.494 e. The molecule has 0 unspecified atom stereocenters. The highest BCUT2D eigenvalue weighted by Gasteiger charge is 2.26. The molecule has 0 aliphatic carbocycles. The number of hydrogen-bond acceptors (Lipinski definition) is 3. The summed E-state index contributed by atoms with van der Waals surface area (Å²) in [5.41, 5.74) is 3.74. The van der Waals surface area contributed by atoms with E-state index in [0.29, 0.717) is 31.7 Å². The highest BCUT2D eigenvalue weighted by Crippen LogP contribution is 2.38. The van der Waals surface area contributed by atoms with Gasteiger partial charge >= 0.3 is 0 Å². The molecule has 142 valence electrons. The predicted molar refractivity (Wildman–Crippen MR) is 110 cm³/mol. The molecule has 27 heavy (non-hydrogen) atoms. The Kier molecular flexibility index (Phi) is 6.16. The van der Waals surface area contributed by atoms with Gasteiger partial charge in [-0.25, -0.2) is 0 Å². The van der Waals surface area contributed by atoms with E-state index in [0.717, 1.165) is 27.9 Å². The number of carbonyl (C=O) groups is 2. The molecule has 0 bridgehead atoms. The van der Waals surface area contributed by atoms with Crippen molar-refractivity contribution in [2.75, 3.05) is 23.4 Å². The van der Waals surface area contributed by atoms with Gasteiger partial charge in [0.1, 0.15) is 5.75 Å². The molecule has 0 saturated heterocycles. The van der Waals surface area contributed by atoms with Gasteiger partial charge in [0.15, 0.2) is 0 Å². The lowest BCUT2D eigenvalue weighted by atomic mass is 10.1. The maximum Gasteiger partial charge on any atom is 0.224 e. The van der Waals surface area contributed by atoms with Gasteiger partial charge < -0.3 is 15.0 Å². The van der Waals surface area contributed by atoms with Crippen LogP contribution in [0.25, 0.3) is 0 Å². The summed E-state index contributed by atoms with van der Waals surface area (Å²) < 4.78 is 6.56. The fourth-order valence-corrected chi connectivity index (χ4v) is 3.69. The van der Waals surface area contributed by atoms with Crippen LogP contribution in [0.2, 0.25) is 0 Å². The van der Waals surface area contributed by atoms with Crippen LogP contribution in [0, 0.1) is 6.92 Å². The molecule has 6 heteroatoms. The minimum atomic E-state index is -0.0850. The van der Waals surface area contributed by atoms with Gasteiger partial charge in [-0.1, -0.05) is 33.6 Å². The Morgan fingerprint density at radius 1 is 1.22 bits per heavy atom. The quantitative estimate of drug-likeness (QED) is 0.687. The molecule has 0 atom stereocenters. The third-order valence-electron chi connectivity index (χ3n) is 4.52. The maximum atomic E-state index is 12.4. The zero-order valence-electron chi connectivity index (χ0n) is 15.5. The van der Waals surface area contributed by atoms with E-state index in [9.17, 15) is 9.59 Å². The van der Waals surface area contributed by atoms with Crippen LogP contribution < -0.4 is 15.0 Å². The molecular weight excluding hydrogens is 408 g/mol. The standard InChI is InChI=1S/C21H23BrN2O3/c1-14-5-7-18(8-6-14)27-11-3-4-20(26)23-19-13-17(22)12-16-9-10-24(15(2)25)21(16)19/h5-8,12-13H,3-4,9-11H2,1-2H3,(H,23,26). The fraction of sp³-hybridized carbons (Fsp3) is 0.333. The number of nitrogens with one attached hydrogen (secondary N) is 1. The lowest BCUT2D eigenvalue weighted by Gasteiger charge is -2.19. The number of rotatable bonds is 6. The van der Waals surface area contributed by atoms with Crippen molar-refractivity contribution in [1.29, 1.82) is 0 Å². The van der Waals surface area contributed by atoms with Gasteiger partial charge in [-0.05, 0) is 49.6 Å². The molecule has 1 aliphatic rings. The molecule has 1 N–H and O–H groups in total. The van der Waals surface area contributed by atoms with Gasteiger partial charge in [-0.3, -0.25) is 9.59 Å². The lowest BCUT2D eigenvalue weighted by Crippen LogP contribution is -2.27. The van der Waals surface area contributed by atoms with Crippen molar-refractivity contribution in [3.8, 4) is 5.75 Å². The molecule has 2 amide bonds. The SMILES string of the molecule is CC(=O)N1CCc2cc(Br)cc(NC(=O)CCCOc3ccc(C)cc3)c21. The Bertz CT molecular complexity index is 849. The zero-order valence-corrected chi connectivity index (χ0v) is 17.1. The molecule has 5 nitrogen and oxygen atoms in total. The third-order valence-corrected chi connectivity index (χ3v) is 4.98. The number of carbonyl (C=O) groups excluding carboxylic acids is 2. The summed E-state index contributed by atoms with van der Waals surface area (Å²) in [4.78, 5) is 26.0. The van der Waals surface area contributed by atoms with Gasteiger partial charge in [0.2, 0.25) is 11.8 Å². The van der Waals surface area contributed by atoms with E-state index in [1.807, 2.05) is 43.3 Å². The summed E-state index contributed by atoms with van der Waals surface area (Å²) in [6.07, 6.45) is 1.77. The first-order valence-corrected chi connectivity index (χ1v) is 9.83. The van der Waals surface area contributed by atoms with Crippen LogP contribution in [0.3, 0.4) is 0 Å². The van der Waals surface area contributed by atoms with Crippen LogP contribution >= 0.6 is 15.9 Å². The van der Waals surface area contributed by atoms with Crippen LogP contribution in [0.5, 0.6) is 5.75 Å². The Balaban J connectivity index is 1.56. The van der Waals surface area contributed by atoms with Crippen LogP contribution in [-0.2, 0) is 16.0 Å². The zero-order chi connectivity index (χ0) is 19.4. The number of halogens is 1. The number of nitrogens with zero attached hydrogens (tertiary/aromatic N) is 1. The Morgan fingerprint density at radius 2 is 1.96 bits per heavy atom. The largest absolute Gasteiger partial charge is 0.494 e. The number of aryl methyl sites for hydroxylation is 1. The number of hydrogen-bond donors (Lipinski definition) is 1. The van der Waals surface area contributed by atoms with Gasteiger partial charge in [-0.2, -0.15) is 0 Å². The number of fused-ring (bicyclic) bond motifs is 1. The summed E-state index contributed by atoms with van der Waals surface area (Å²) in [6.45, 7) is 4.70. The summed E-state index contributed by atoms with van der Waals surface area (Å²) in [5.74, 6) is 0.708. The van der Waals surface area contributed by atoms with E-state index >= 15 is 0 Å². The highest BCUT2D eigenvalue weighted by atomic mass is 79.9. The summed E-state index contributed by atoms with van der Waals surface area (Å²) in [7, 11) is 0. The van der Waals surface area contributed by atoms with E-state index in [1.54, 1.807) is 11.8 Å². The molecular formula is C21H23BrN2O3. The molecule has 0 spiro atoms. The van der Waals surface area contributed by atoms with Crippen molar-refractivity contribution < 1.29 is 14.3 Å². The molecule has 0 fully saturated rings. The molecule has 2 aromatic carbocycles. The van der Waals surface area contributed by atoms with Crippen molar-refractivity contribution in [2.24, 2.45) is 0 Å². The van der Waals surface area contributed by atoms with Gasteiger partial charge in [-0.15, -0.1) is 0 Å². The number of ether oxygens (including phenoxy) is 1. The first-order valence-electron chi connectivity index (χ1n) is 9.04. The Labute approximate surface area is 167 Å². The molecule has 0 saturated carbocycles. The fourth-order valence-electron chi connectivity index (χ4n) is 3.19. The second kappa shape index (κ2) is 8.57. The smallest absolute Gasteiger partial charge is 0.224 e. The average Bonchev–Trinajstić information content (AvgIpc) is 3.04. The van der Waals surface area contributed by atoms with Crippen molar-refractivity contribution in [1.82, 2.24) is 0 Å². The van der Waals surface area contributed by atoms with Crippen molar-refractivity contribution >= 4 is 39.1 Å². The van der Waals surface area contributed by atoms with Gasteiger partial charge in [0.05, 0.1) is 18.0 Å². The summed E-state index contributed by atoms with van der Waals surface area (Å²) in [5, 5.41) is 2.96. The van der Waals surface area contributed by atoms with E-state index in [4.69, 9.17) is 4.74 Å². The summed E-state index contributed by atoms with van der Waals surface area (Å²) >= 11 is 3.48. The van der Waals surface area contributed by atoms with Gasteiger partial charge in [0.25, 0.3) is 0 Å². The Morgan fingerprint density at radius 3 is 2.67 bits per heavy atom. The molecule has 3 rings (SSSR count). The topological polar surface area (TPSA) is 58.6 Å². The molecule has 1 aliphatic heterocycles. The highest BCUT2D eigenvalue weighted by molar-refractivity contribution is 9.10. The molecule has 0 radical (unpaired) electrons. The van der Waals surface area contributed by atoms with Crippen LogP contribution in [0.15, 0.2) is 40.9 Å². The van der Waals surface area contributed by atoms with E-state index in [1.165, 1.54) is 5.56 Å². The van der Waals surface area contributed by atoms with Gasteiger partial charge in [0, 0.05) is 24.4 Å². The van der Waals surface area contributed by atoms with E-state index in [-0.39, 0.29) is 11.8 Å². The second-order valence-electron chi connectivity index (χ2n) is 6.69. The predicted octanol–water partition coefficient (Wildman–Crippen LogP) is 4.46. The minimum absolute atomic E-state index is 0.0157. The van der Waals surface area contributed by atoms with E-state index in [2.05, 4.69) is 21.2 Å². The van der Waals surface area contributed by atoms with Crippen LogP contribution in [0.4, 0.5) is 11.4 Å². The number of benzene rings is 2. The first kappa shape index (κ1) is 19.4. The molecule has 0 aromatic heterocycles. The molecule has 1 heterocycles. The Hall–Kier alpha value is -2.34. The maximum absolute atomic E-state index is 12.4. The number of anilines is 2. The summed E-state index contributed by atoms with van der Waals surface area (Å²) in [6, 6.07) is 11.7. The number of amides is 2. The van der Waals surface area contributed by atoms with Crippen molar-refractivity contribution in [3.63, 3.8) is 0 Å². The normalized spacial score (nSPS) is 12.6. The van der Waals surface area contributed by atoms with Crippen molar-refractivity contribution in [2.45, 2.75) is 33.1 Å². The monoisotopic (exact) mass is 430 g/mol. The molecule has 2 aromatic rings. The van der Waals surface area contributed by atoms with E-state index < -0.39 is 0 Å². The second-order valence-corrected chi connectivity index (χ2v) is 7.61. The first-order chi connectivity index (χ1) is 12.9. The lowest BCUT2D eigenvalue weighted by molar-refractivity contribution is -0.117. The van der Waals surface area contributed by atoms with Crippen LogP contribution in [-0.4, -0.2) is 25.0 Å².